The molecule has 0 aromatic heterocycles. The fourth-order valence-electron chi connectivity index (χ4n) is 2.95. The fourth-order valence-corrected chi connectivity index (χ4v) is 5.10. The van der Waals surface area contributed by atoms with E-state index in [1.807, 2.05) is 6.07 Å². The first kappa shape index (κ1) is 22.7. The summed E-state index contributed by atoms with van der Waals surface area (Å²) in [5, 5.41) is 9.92. The van der Waals surface area contributed by atoms with Gasteiger partial charge < -0.3 is 9.64 Å². The van der Waals surface area contributed by atoms with Crippen molar-refractivity contribution in [2.75, 3.05) is 32.8 Å². The summed E-state index contributed by atoms with van der Waals surface area (Å²) in [7, 11) is -3.83. The second-order valence-corrected chi connectivity index (χ2v) is 9.51. The Hall–Kier alpha value is -2.02. The number of rotatable bonds is 5. The van der Waals surface area contributed by atoms with Crippen molar-refractivity contribution in [1.82, 2.24) is 9.21 Å². The van der Waals surface area contributed by atoms with Crippen molar-refractivity contribution in [2.45, 2.75) is 4.90 Å². The highest BCUT2D eigenvalue weighted by molar-refractivity contribution is 7.89. The van der Waals surface area contributed by atoms with Crippen LogP contribution in [0.4, 0.5) is 0 Å². The molecule has 0 bridgehead atoms. The lowest BCUT2D eigenvalue weighted by atomic mass is 10.2. The standard InChI is InChI=1S/C19H16Cl3N3O4S/c20-14-9-16(22)17(10-15(14)21)29-12-19(26)24-5-7-25(8-6-24)30(27,28)18-4-2-1-3-13(18)11-23/h1-4,9-10H,5-8,12H2. The lowest BCUT2D eigenvalue weighted by Crippen LogP contribution is -2.51. The van der Waals surface area contributed by atoms with Gasteiger partial charge in [0, 0.05) is 32.2 Å². The van der Waals surface area contributed by atoms with Crippen molar-refractivity contribution < 1.29 is 17.9 Å². The van der Waals surface area contributed by atoms with Gasteiger partial charge in [-0.2, -0.15) is 9.57 Å². The molecule has 0 saturated carbocycles. The average Bonchev–Trinajstić information content (AvgIpc) is 2.75. The molecule has 1 aliphatic rings. The summed E-state index contributed by atoms with van der Waals surface area (Å²) >= 11 is 17.8. The van der Waals surface area contributed by atoms with Crippen LogP contribution in [0, 0.1) is 11.3 Å². The SMILES string of the molecule is N#Cc1ccccc1S(=O)(=O)N1CCN(C(=O)COc2cc(Cl)c(Cl)cc2Cl)CC1. The van der Waals surface area contributed by atoms with Crippen molar-refractivity contribution in [2.24, 2.45) is 0 Å². The zero-order valence-electron chi connectivity index (χ0n) is 15.5. The Kier molecular flexibility index (Phi) is 7.11. The van der Waals surface area contributed by atoms with E-state index in [0.29, 0.717) is 0 Å². The Morgan fingerprint density at radius 2 is 1.67 bits per heavy atom. The number of piperazine rings is 1. The van der Waals surface area contributed by atoms with Crippen LogP contribution in [-0.2, 0) is 14.8 Å². The van der Waals surface area contributed by atoms with Gasteiger partial charge >= 0.3 is 0 Å². The number of benzene rings is 2. The molecule has 0 aliphatic carbocycles. The number of sulfonamides is 1. The van der Waals surface area contributed by atoms with Crippen LogP contribution in [0.15, 0.2) is 41.3 Å². The van der Waals surface area contributed by atoms with Crippen molar-refractivity contribution in [1.29, 1.82) is 5.26 Å². The van der Waals surface area contributed by atoms with E-state index >= 15 is 0 Å². The summed E-state index contributed by atoms with van der Waals surface area (Å²) in [5.74, 6) is -0.0830. The van der Waals surface area contributed by atoms with Crippen LogP contribution in [0.1, 0.15) is 5.56 Å². The molecule has 1 saturated heterocycles. The molecule has 158 valence electrons. The lowest BCUT2D eigenvalue weighted by Gasteiger charge is -2.34. The van der Waals surface area contributed by atoms with Crippen LogP contribution < -0.4 is 4.74 Å². The van der Waals surface area contributed by atoms with Crippen LogP contribution in [-0.4, -0.2) is 56.3 Å². The van der Waals surface area contributed by atoms with Gasteiger partial charge in [0.25, 0.3) is 5.91 Å². The molecule has 11 heteroatoms. The van der Waals surface area contributed by atoms with Gasteiger partial charge in [-0.15, -0.1) is 0 Å². The van der Waals surface area contributed by atoms with E-state index in [9.17, 15) is 18.5 Å². The molecule has 0 radical (unpaired) electrons. The Morgan fingerprint density at radius 3 is 2.33 bits per heavy atom. The largest absolute Gasteiger partial charge is 0.482 e. The summed E-state index contributed by atoms with van der Waals surface area (Å²) in [6, 6.07) is 10.8. The topological polar surface area (TPSA) is 90.7 Å². The van der Waals surface area contributed by atoms with Crippen LogP contribution in [0.3, 0.4) is 0 Å². The number of hydrogen-bond donors (Lipinski definition) is 0. The molecule has 3 rings (SSSR count). The van der Waals surface area contributed by atoms with Crippen LogP contribution in [0.2, 0.25) is 15.1 Å². The molecule has 0 N–H and O–H groups in total. The Morgan fingerprint density at radius 1 is 1.03 bits per heavy atom. The third-order valence-electron chi connectivity index (χ3n) is 4.54. The van der Waals surface area contributed by atoms with Crippen molar-refractivity contribution in [3.63, 3.8) is 0 Å². The molecular weight excluding hydrogens is 473 g/mol. The first-order valence-corrected chi connectivity index (χ1v) is 11.4. The maximum Gasteiger partial charge on any atom is 0.260 e. The monoisotopic (exact) mass is 487 g/mol. The van der Waals surface area contributed by atoms with E-state index in [-0.39, 0.29) is 70.0 Å². The molecule has 0 atom stereocenters. The number of nitriles is 1. The summed E-state index contributed by atoms with van der Waals surface area (Å²) in [6.45, 7) is 0.348. The van der Waals surface area contributed by atoms with Crippen molar-refractivity contribution in [3.8, 4) is 11.8 Å². The number of ether oxygens (including phenoxy) is 1. The van der Waals surface area contributed by atoms with Gasteiger partial charge in [0.2, 0.25) is 10.0 Å². The van der Waals surface area contributed by atoms with E-state index in [0.717, 1.165) is 0 Å². The molecule has 1 heterocycles. The molecular formula is C19H16Cl3N3O4S. The van der Waals surface area contributed by atoms with Gasteiger partial charge in [0.15, 0.2) is 6.61 Å². The minimum absolute atomic E-state index is 0.0372. The second-order valence-electron chi connectivity index (χ2n) is 6.38. The number of amides is 1. The zero-order chi connectivity index (χ0) is 21.9. The molecule has 0 spiro atoms. The van der Waals surface area contributed by atoms with Crippen LogP contribution in [0.5, 0.6) is 5.75 Å². The van der Waals surface area contributed by atoms with Crippen LogP contribution in [0.25, 0.3) is 0 Å². The number of halogens is 3. The summed E-state index contributed by atoms with van der Waals surface area (Å²) < 4.78 is 32.4. The quantitative estimate of drug-likeness (QED) is 0.601. The lowest BCUT2D eigenvalue weighted by molar-refractivity contribution is -0.134. The molecule has 0 unspecified atom stereocenters. The third-order valence-corrected chi connectivity index (χ3v) is 7.52. The number of nitrogens with zero attached hydrogens (tertiary/aromatic N) is 3. The van der Waals surface area contributed by atoms with Gasteiger partial charge in [0.05, 0.1) is 25.5 Å². The van der Waals surface area contributed by atoms with Crippen molar-refractivity contribution >= 4 is 50.7 Å². The van der Waals surface area contributed by atoms with Gasteiger partial charge in [-0.3, -0.25) is 4.79 Å². The number of carbonyl (C=O) groups excluding carboxylic acids is 1. The third kappa shape index (κ3) is 4.82. The molecule has 7 nitrogen and oxygen atoms in total. The Labute approximate surface area is 189 Å². The normalized spacial score (nSPS) is 14.9. The molecule has 2 aromatic carbocycles. The predicted octanol–water partition coefficient (Wildman–Crippen LogP) is 3.43. The maximum absolute atomic E-state index is 12.9. The minimum atomic E-state index is -3.83. The molecule has 1 fully saturated rings. The smallest absolute Gasteiger partial charge is 0.260 e. The summed E-state index contributed by atoms with van der Waals surface area (Å²) in [5.41, 5.74) is 0.0860. The highest BCUT2D eigenvalue weighted by Crippen LogP contribution is 2.33. The minimum Gasteiger partial charge on any atom is -0.482 e. The highest BCUT2D eigenvalue weighted by Gasteiger charge is 2.31. The van der Waals surface area contributed by atoms with Gasteiger partial charge in [0.1, 0.15) is 11.8 Å². The van der Waals surface area contributed by atoms with E-state index in [2.05, 4.69) is 0 Å². The molecule has 2 aromatic rings. The zero-order valence-corrected chi connectivity index (χ0v) is 18.6. The van der Waals surface area contributed by atoms with Crippen molar-refractivity contribution in [3.05, 3.63) is 57.0 Å². The number of hydrogen-bond acceptors (Lipinski definition) is 5. The van der Waals surface area contributed by atoms with E-state index < -0.39 is 10.0 Å². The fraction of sp³-hybridized carbons (Fsp3) is 0.263. The highest BCUT2D eigenvalue weighted by atomic mass is 35.5. The summed E-state index contributed by atoms with van der Waals surface area (Å²) in [4.78, 5) is 13.9. The van der Waals surface area contributed by atoms with E-state index in [1.54, 1.807) is 12.1 Å². The van der Waals surface area contributed by atoms with E-state index in [4.69, 9.17) is 39.5 Å². The number of carbonyl (C=O) groups is 1. The first-order valence-electron chi connectivity index (χ1n) is 8.78. The second kappa shape index (κ2) is 9.41. The molecule has 1 aliphatic heterocycles. The first-order chi connectivity index (χ1) is 14.2. The summed E-state index contributed by atoms with van der Waals surface area (Å²) in [6.07, 6.45) is 0. The Balaban J connectivity index is 1.61. The molecule has 30 heavy (non-hydrogen) atoms. The van der Waals surface area contributed by atoms with Gasteiger partial charge in [-0.1, -0.05) is 46.9 Å². The predicted molar refractivity (Wildman–Crippen MR) is 113 cm³/mol. The maximum atomic E-state index is 12.9. The van der Waals surface area contributed by atoms with E-state index in [1.165, 1.54) is 33.5 Å². The molecule has 1 amide bonds. The van der Waals surface area contributed by atoms with Gasteiger partial charge in [-0.25, -0.2) is 8.42 Å². The Bertz CT molecular complexity index is 1110. The van der Waals surface area contributed by atoms with Gasteiger partial charge in [-0.05, 0) is 18.2 Å². The average molecular weight is 489 g/mol. The van der Waals surface area contributed by atoms with Crippen LogP contribution >= 0.6 is 34.8 Å².